The molecular weight excluding hydrogens is 287 g/mol. The van der Waals surface area contributed by atoms with Crippen LogP contribution >= 0.6 is 0 Å². The first-order chi connectivity index (χ1) is 10.1. The minimum Gasteiger partial charge on any atom is -0.386 e. The Morgan fingerprint density at radius 1 is 1.23 bits per heavy atom. The minimum absolute atomic E-state index is 0.156. The molecule has 0 aromatic heterocycles. The minimum atomic E-state index is -0.956. The Labute approximate surface area is 129 Å². The lowest BCUT2D eigenvalue weighted by Crippen LogP contribution is -2.45. The first-order valence-electron chi connectivity index (χ1n) is 7.12. The molecule has 0 saturated carbocycles. The van der Waals surface area contributed by atoms with Crippen molar-refractivity contribution in [3.05, 3.63) is 35.6 Å². The van der Waals surface area contributed by atoms with E-state index >= 15 is 0 Å². The number of carbonyl (C=O) groups is 2. The van der Waals surface area contributed by atoms with E-state index in [4.69, 9.17) is 0 Å². The zero-order valence-electron chi connectivity index (χ0n) is 13.3. The van der Waals surface area contributed by atoms with E-state index in [1.807, 2.05) is 0 Å². The van der Waals surface area contributed by atoms with E-state index in [1.54, 1.807) is 27.7 Å². The molecule has 0 unspecified atom stereocenters. The molecule has 0 aliphatic heterocycles. The molecule has 1 aromatic carbocycles. The fourth-order valence-corrected chi connectivity index (χ4v) is 1.76. The molecule has 22 heavy (non-hydrogen) atoms. The molecule has 0 radical (unpaired) electrons. The Balaban J connectivity index is 2.50. The standard InChI is InChI=1S/C16H23FN2O3/c1-10(14(21)11-5-7-12(17)8-6-11)19-13(20)9-18-15(22)16(2,3)4/h5-8,10,14,21H,9H2,1-4H3,(H,18,22)(H,19,20)/t10-,14+/m0/s1. The number of rotatable bonds is 5. The topological polar surface area (TPSA) is 78.4 Å². The summed E-state index contributed by atoms with van der Waals surface area (Å²) in [5.74, 6) is -1.02. The molecule has 5 nitrogen and oxygen atoms in total. The second-order valence-corrected chi connectivity index (χ2v) is 6.29. The van der Waals surface area contributed by atoms with Crippen LogP contribution in [0, 0.1) is 11.2 Å². The van der Waals surface area contributed by atoms with Crippen LogP contribution < -0.4 is 10.6 Å². The Morgan fingerprint density at radius 3 is 2.27 bits per heavy atom. The van der Waals surface area contributed by atoms with E-state index in [9.17, 15) is 19.1 Å². The SMILES string of the molecule is C[C@H](NC(=O)CNC(=O)C(C)(C)C)[C@@H](O)c1ccc(F)cc1. The molecule has 3 N–H and O–H groups in total. The number of nitrogens with one attached hydrogen (secondary N) is 2. The summed E-state index contributed by atoms with van der Waals surface area (Å²) in [5, 5.41) is 15.2. The number of aliphatic hydroxyl groups excluding tert-OH is 1. The van der Waals surface area contributed by atoms with Gasteiger partial charge in [0.05, 0.1) is 18.7 Å². The van der Waals surface area contributed by atoms with Gasteiger partial charge in [-0.15, -0.1) is 0 Å². The maximum absolute atomic E-state index is 12.8. The average molecular weight is 310 g/mol. The Morgan fingerprint density at radius 2 is 1.77 bits per heavy atom. The summed E-state index contributed by atoms with van der Waals surface area (Å²) in [6, 6.07) is 4.85. The van der Waals surface area contributed by atoms with E-state index in [0.717, 1.165) is 0 Å². The van der Waals surface area contributed by atoms with Crippen molar-refractivity contribution in [3.63, 3.8) is 0 Å². The Kier molecular flexibility index (Phi) is 6.05. The molecule has 1 aromatic rings. The highest BCUT2D eigenvalue weighted by atomic mass is 19.1. The third kappa shape index (κ3) is 5.44. The first-order valence-corrected chi connectivity index (χ1v) is 7.12. The molecule has 0 aliphatic carbocycles. The molecule has 2 atom stereocenters. The smallest absolute Gasteiger partial charge is 0.239 e. The van der Waals surface area contributed by atoms with Gasteiger partial charge >= 0.3 is 0 Å². The van der Waals surface area contributed by atoms with Gasteiger partial charge in [0.2, 0.25) is 11.8 Å². The quantitative estimate of drug-likeness (QED) is 0.771. The molecule has 0 fully saturated rings. The van der Waals surface area contributed by atoms with Gasteiger partial charge in [0.1, 0.15) is 5.82 Å². The lowest BCUT2D eigenvalue weighted by molar-refractivity contribution is -0.131. The number of hydrogen-bond donors (Lipinski definition) is 3. The predicted octanol–water partition coefficient (Wildman–Crippen LogP) is 1.53. The second-order valence-electron chi connectivity index (χ2n) is 6.29. The van der Waals surface area contributed by atoms with Crippen LogP contribution in [0.1, 0.15) is 39.4 Å². The molecule has 2 amide bonds. The van der Waals surface area contributed by atoms with Crippen molar-refractivity contribution >= 4 is 11.8 Å². The van der Waals surface area contributed by atoms with E-state index in [0.29, 0.717) is 5.56 Å². The van der Waals surface area contributed by atoms with Crippen molar-refractivity contribution in [1.82, 2.24) is 10.6 Å². The summed E-state index contributed by atoms with van der Waals surface area (Å²) in [7, 11) is 0. The van der Waals surface area contributed by atoms with Crippen LogP contribution in [-0.2, 0) is 9.59 Å². The van der Waals surface area contributed by atoms with Gasteiger partial charge in [-0.3, -0.25) is 9.59 Å². The van der Waals surface area contributed by atoms with Crippen LogP contribution in [0.3, 0.4) is 0 Å². The molecule has 1 rings (SSSR count). The Bertz CT molecular complexity index is 523. The summed E-state index contributed by atoms with van der Waals surface area (Å²) in [5.41, 5.74) is -0.0626. The van der Waals surface area contributed by atoms with Gasteiger partial charge in [-0.25, -0.2) is 4.39 Å². The molecule has 0 aliphatic rings. The summed E-state index contributed by atoms with van der Waals surface area (Å²) < 4.78 is 12.8. The average Bonchev–Trinajstić information content (AvgIpc) is 2.43. The summed E-state index contributed by atoms with van der Waals surface area (Å²) in [4.78, 5) is 23.4. The highest BCUT2D eigenvalue weighted by Gasteiger charge is 2.23. The second kappa shape index (κ2) is 7.35. The van der Waals surface area contributed by atoms with Crippen molar-refractivity contribution in [1.29, 1.82) is 0 Å². The fraction of sp³-hybridized carbons (Fsp3) is 0.500. The first kappa shape index (κ1) is 18.1. The van der Waals surface area contributed by atoms with Crippen LogP contribution in [0.4, 0.5) is 4.39 Å². The third-order valence-electron chi connectivity index (χ3n) is 3.16. The van der Waals surface area contributed by atoms with Gasteiger partial charge in [-0.1, -0.05) is 32.9 Å². The number of carbonyl (C=O) groups excluding carboxylic acids is 2. The maximum atomic E-state index is 12.8. The van der Waals surface area contributed by atoms with E-state index in [2.05, 4.69) is 10.6 Å². The van der Waals surface area contributed by atoms with E-state index in [1.165, 1.54) is 24.3 Å². The van der Waals surface area contributed by atoms with E-state index < -0.39 is 29.3 Å². The molecule has 0 bridgehead atoms. The maximum Gasteiger partial charge on any atom is 0.239 e. The van der Waals surface area contributed by atoms with Gasteiger partial charge in [0.25, 0.3) is 0 Å². The lowest BCUT2D eigenvalue weighted by Gasteiger charge is -2.22. The van der Waals surface area contributed by atoms with Crippen molar-refractivity contribution in [2.75, 3.05) is 6.54 Å². The predicted molar refractivity (Wildman–Crippen MR) is 81.4 cm³/mol. The summed E-state index contributed by atoms with van der Waals surface area (Å²) in [6.45, 7) is 6.73. The molecule has 122 valence electrons. The fourth-order valence-electron chi connectivity index (χ4n) is 1.76. The number of amides is 2. The van der Waals surface area contributed by atoms with Crippen LogP contribution in [0.15, 0.2) is 24.3 Å². The van der Waals surface area contributed by atoms with Gasteiger partial charge in [-0.05, 0) is 24.6 Å². The summed E-state index contributed by atoms with van der Waals surface area (Å²) >= 11 is 0. The van der Waals surface area contributed by atoms with Crippen LogP contribution in [0.5, 0.6) is 0 Å². The van der Waals surface area contributed by atoms with Gasteiger partial charge in [0, 0.05) is 5.41 Å². The van der Waals surface area contributed by atoms with Crippen molar-refractivity contribution in [2.24, 2.45) is 5.41 Å². The summed E-state index contributed by atoms with van der Waals surface area (Å²) in [6.07, 6.45) is -0.956. The zero-order chi connectivity index (χ0) is 16.9. The molecule has 0 spiro atoms. The zero-order valence-corrected chi connectivity index (χ0v) is 13.3. The normalized spacial score (nSPS) is 14.1. The molecule has 0 saturated heterocycles. The van der Waals surface area contributed by atoms with E-state index in [-0.39, 0.29) is 12.5 Å². The highest BCUT2D eigenvalue weighted by molar-refractivity contribution is 5.87. The molecule has 0 heterocycles. The van der Waals surface area contributed by atoms with Crippen LogP contribution in [0.25, 0.3) is 0 Å². The molecule has 6 heteroatoms. The third-order valence-corrected chi connectivity index (χ3v) is 3.16. The Hall–Kier alpha value is -1.95. The number of aliphatic hydroxyl groups is 1. The number of halogens is 1. The number of benzene rings is 1. The number of hydrogen-bond acceptors (Lipinski definition) is 3. The van der Waals surface area contributed by atoms with Gasteiger partial charge < -0.3 is 15.7 Å². The monoisotopic (exact) mass is 310 g/mol. The van der Waals surface area contributed by atoms with Gasteiger partial charge in [0.15, 0.2) is 0 Å². The molecular formula is C16H23FN2O3. The van der Waals surface area contributed by atoms with Crippen LogP contribution in [-0.4, -0.2) is 29.5 Å². The highest BCUT2D eigenvalue weighted by Crippen LogP contribution is 2.17. The van der Waals surface area contributed by atoms with Gasteiger partial charge in [-0.2, -0.15) is 0 Å². The largest absolute Gasteiger partial charge is 0.386 e. The van der Waals surface area contributed by atoms with Crippen molar-refractivity contribution in [2.45, 2.75) is 39.8 Å². The lowest BCUT2D eigenvalue weighted by atomic mass is 9.96. The van der Waals surface area contributed by atoms with Crippen molar-refractivity contribution < 1.29 is 19.1 Å². The van der Waals surface area contributed by atoms with Crippen LogP contribution in [0.2, 0.25) is 0 Å². The van der Waals surface area contributed by atoms with Crippen molar-refractivity contribution in [3.8, 4) is 0 Å².